The highest BCUT2D eigenvalue weighted by molar-refractivity contribution is 6.35. The monoisotopic (exact) mass is 330 g/mol. The molecule has 5 heteroatoms. The lowest BCUT2D eigenvalue weighted by molar-refractivity contribution is -0.0776. The van der Waals surface area contributed by atoms with Crippen LogP contribution in [0.15, 0.2) is 18.2 Å². The Bertz CT molecular complexity index is 517. The van der Waals surface area contributed by atoms with Gasteiger partial charge in [-0.2, -0.15) is 0 Å². The topological polar surface area (TPSA) is 47.3 Å². The summed E-state index contributed by atoms with van der Waals surface area (Å²) < 4.78 is 6.17. The van der Waals surface area contributed by atoms with Gasteiger partial charge in [-0.3, -0.25) is 11.3 Å². The number of hydrogen-bond acceptors (Lipinski definition) is 3. The highest BCUT2D eigenvalue weighted by Crippen LogP contribution is 2.44. The molecule has 1 aromatic rings. The van der Waals surface area contributed by atoms with Crippen LogP contribution in [0.5, 0.6) is 0 Å². The molecular formula is C16H24Cl2N2O. The van der Waals surface area contributed by atoms with E-state index in [0.717, 1.165) is 18.4 Å². The second-order valence-electron chi connectivity index (χ2n) is 6.99. The maximum absolute atomic E-state index is 6.28. The van der Waals surface area contributed by atoms with E-state index < -0.39 is 0 Å². The number of hydrogen-bond donors (Lipinski definition) is 2. The minimum atomic E-state index is -0.223. The van der Waals surface area contributed by atoms with Crippen molar-refractivity contribution in [3.05, 3.63) is 33.8 Å². The molecule has 1 aromatic carbocycles. The molecule has 0 spiro atoms. The van der Waals surface area contributed by atoms with Crippen LogP contribution in [-0.2, 0) is 11.2 Å². The molecule has 1 aliphatic rings. The zero-order valence-electron chi connectivity index (χ0n) is 13.0. The van der Waals surface area contributed by atoms with E-state index in [0.29, 0.717) is 16.0 Å². The first kappa shape index (κ1) is 17.0. The van der Waals surface area contributed by atoms with Gasteiger partial charge < -0.3 is 4.74 Å². The first-order valence-electron chi connectivity index (χ1n) is 7.25. The van der Waals surface area contributed by atoms with E-state index in [2.05, 4.69) is 33.1 Å². The number of rotatable bonds is 4. The van der Waals surface area contributed by atoms with Crippen molar-refractivity contribution in [2.75, 3.05) is 0 Å². The lowest BCUT2D eigenvalue weighted by Crippen LogP contribution is -2.48. The third kappa shape index (κ3) is 3.91. The molecule has 0 radical (unpaired) electrons. The van der Waals surface area contributed by atoms with Gasteiger partial charge in [0, 0.05) is 22.0 Å². The molecule has 1 heterocycles. The van der Waals surface area contributed by atoms with E-state index in [9.17, 15) is 0 Å². The average Bonchev–Trinajstić information content (AvgIpc) is 2.56. The number of nitrogens with two attached hydrogens (primary N) is 1. The fourth-order valence-corrected chi connectivity index (χ4v) is 3.96. The van der Waals surface area contributed by atoms with Crippen LogP contribution in [0.25, 0.3) is 0 Å². The van der Waals surface area contributed by atoms with Crippen molar-refractivity contribution in [1.82, 2.24) is 5.43 Å². The number of ether oxygens (including phenoxy) is 1. The van der Waals surface area contributed by atoms with Gasteiger partial charge in [0.15, 0.2) is 0 Å². The van der Waals surface area contributed by atoms with Crippen LogP contribution in [0.3, 0.4) is 0 Å². The Morgan fingerprint density at radius 1 is 1.33 bits per heavy atom. The maximum atomic E-state index is 6.28. The Morgan fingerprint density at radius 3 is 2.48 bits per heavy atom. The van der Waals surface area contributed by atoms with Crippen LogP contribution in [0.2, 0.25) is 10.0 Å². The largest absolute Gasteiger partial charge is 0.369 e. The lowest BCUT2D eigenvalue weighted by atomic mass is 9.79. The summed E-state index contributed by atoms with van der Waals surface area (Å²) in [6, 6.07) is 5.69. The Morgan fingerprint density at radius 2 is 2.00 bits per heavy atom. The van der Waals surface area contributed by atoms with Gasteiger partial charge in [-0.05, 0) is 58.2 Å². The highest BCUT2D eigenvalue weighted by atomic mass is 35.5. The zero-order chi connectivity index (χ0) is 15.8. The van der Waals surface area contributed by atoms with Crippen LogP contribution in [0, 0.1) is 5.92 Å². The molecule has 3 nitrogen and oxygen atoms in total. The third-order valence-corrected chi connectivity index (χ3v) is 4.89. The molecule has 1 fully saturated rings. The predicted molar refractivity (Wildman–Crippen MR) is 88.6 cm³/mol. The molecule has 0 bridgehead atoms. The van der Waals surface area contributed by atoms with Crippen molar-refractivity contribution >= 4 is 23.2 Å². The van der Waals surface area contributed by atoms with Gasteiger partial charge in [0.1, 0.15) is 0 Å². The Kier molecular flexibility index (Phi) is 4.91. The summed E-state index contributed by atoms with van der Waals surface area (Å²) in [6.07, 6.45) is 1.71. The van der Waals surface area contributed by atoms with Gasteiger partial charge in [0.2, 0.25) is 0 Å². The molecule has 21 heavy (non-hydrogen) atoms. The standard InChI is InChI=1S/C16H24Cl2N2O/c1-15(2)9-12(16(3,4)21-15)14(20-19)7-10-5-6-11(17)8-13(10)18/h5-6,8,12,14,20H,7,9,19H2,1-4H3. The molecule has 118 valence electrons. The third-order valence-electron chi connectivity index (χ3n) is 4.30. The van der Waals surface area contributed by atoms with Gasteiger partial charge in [0.25, 0.3) is 0 Å². The molecule has 0 saturated carbocycles. The summed E-state index contributed by atoms with van der Waals surface area (Å²) in [5.74, 6) is 6.12. The van der Waals surface area contributed by atoms with Crippen molar-refractivity contribution in [1.29, 1.82) is 0 Å². The van der Waals surface area contributed by atoms with Crippen LogP contribution in [0.1, 0.15) is 39.7 Å². The lowest BCUT2D eigenvalue weighted by Gasteiger charge is -2.32. The van der Waals surface area contributed by atoms with Crippen LogP contribution in [0.4, 0.5) is 0 Å². The molecule has 0 aliphatic carbocycles. The van der Waals surface area contributed by atoms with Crippen LogP contribution >= 0.6 is 23.2 Å². The number of hydrazine groups is 1. The summed E-state index contributed by atoms with van der Waals surface area (Å²) in [6.45, 7) is 8.50. The second kappa shape index (κ2) is 6.05. The molecule has 0 amide bonds. The van der Waals surface area contributed by atoms with Crippen molar-refractivity contribution in [3.8, 4) is 0 Å². The molecule has 3 N–H and O–H groups in total. The Hall–Kier alpha value is -0.320. The molecule has 1 aliphatic heterocycles. The van der Waals surface area contributed by atoms with E-state index >= 15 is 0 Å². The zero-order valence-corrected chi connectivity index (χ0v) is 14.6. The normalized spacial score (nSPS) is 25.0. The molecular weight excluding hydrogens is 307 g/mol. The predicted octanol–water partition coefficient (Wildman–Crippen LogP) is 3.96. The van der Waals surface area contributed by atoms with Crippen LogP contribution in [-0.4, -0.2) is 17.2 Å². The molecule has 0 aromatic heterocycles. The Labute approximate surface area is 137 Å². The van der Waals surface area contributed by atoms with Gasteiger partial charge in [0.05, 0.1) is 11.2 Å². The van der Waals surface area contributed by atoms with Gasteiger partial charge in [-0.1, -0.05) is 29.3 Å². The number of nitrogens with one attached hydrogen (secondary N) is 1. The SMILES string of the molecule is CC1(C)CC(C(Cc2ccc(Cl)cc2Cl)NN)C(C)(C)O1. The van der Waals surface area contributed by atoms with Crippen molar-refractivity contribution in [2.24, 2.45) is 11.8 Å². The van der Waals surface area contributed by atoms with Crippen molar-refractivity contribution in [2.45, 2.75) is 57.8 Å². The number of benzene rings is 1. The van der Waals surface area contributed by atoms with Gasteiger partial charge in [-0.25, -0.2) is 0 Å². The average molecular weight is 331 g/mol. The summed E-state index contributed by atoms with van der Waals surface area (Å²) in [4.78, 5) is 0. The molecule has 2 rings (SSSR count). The van der Waals surface area contributed by atoms with E-state index in [1.54, 1.807) is 6.07 Å². The second-order valence-corrected chi connectivity index (χ2v) is 7.83. The fraction of sp³-hybridized carbons (Fsp3) is 0.625. The van der Waals surface area contributed by atoms with Gasteiger partial charge in [-0.15, -0.1) is 0 Å². The minimum Gasteiger partial charge on any atom is -0.369 e. The molecule has 2 atom stereocenters. The summed E-state index contributed by atoms with van der Waals surface area (Å²) in [5, 5.41) is 1.32. The number of halogens is 2. The highest BCUT2D eigenvalue weighted by Gasteiger charge is 2.48. The van der Waals surface area contributed by atoms with Crippen LogP contribution < -0.4 is 11.3 Å². The fourth-order valence-electron chi connectivity index (χ4n) is 3.47. The molecule has 1 saturated heterocycles. The van der Waals surface area contributed by atoms with E-state index in [1.807, 2.05) is 12.1 Å². The quantitative estimate of drug-likeness (QED) is 0.648. The summed E-state index contributed by atoms with van der Waals surface area (Å²) >= 11 is 12.2. The van der Waals surface area contributed by atoms with E-state index in [-0.39, 0.29) is 17.2 Å². The maximum Gasteiger partial charge on any atom is 0.0678 e. The summed E-state index contributed by atoms with van der Waals surface area (Å²) in [7, 11) is 0. The smallest absolute Gasteiger partial charge is 0.0678 e. The summed E-state index contributed by atoms with van der Waals surface area (Å²) in [5.41, 5.74) is 3.65. The first-order valence-corrected chi connectivity index (χ1v) is 8.00. The van der Waals surface area contributed by atoms with Crippen molar-refractivity contribution < 1.29 is 4.74 Å². The first-order chi connectivity index (χ1) is 9.64. The molecule has 2 unspecified atom stereocenters. The van der Waals surface area contributed by atoms with Crippen molar-refractivity contribution in [3.63, 3.8) is 0 Å². The van der Waals surface area contributed by atoms with E-state index in [4.69, 9.17) is 33.8 Å². The minimum absolute atomic E-state index is 0.0976. The van der Waals surface area contributed by atoms with Gasteiger partial charge >= 0.3 is 0 Å². The Balaban J connectivity index is 2.20. The van der Waals surface area contributed by atoms with E-state index in [1.165, 1.54) is 0 Å².